The van der Waals surface area contributed by atoms with E-state index in [4.69, 9.17) is 16.3 Å². The average Bonchev–Trinajstić information content (AvgIpc) is 2.50. The first-order valence-corrected chi connectivity index (χ1v) is 7.30. The maximum absolute atomic E-state index is 12.9. The highest BCUT2D eigenvalue weighted by Gasteiger charge is 2.10. The molecule has 0 aliphatic carbocycles. The number of halogens is 2. The van der Waals surface area contributed by atoms with E-state index in [0.29, 0.717) is 5.02 Å². The SMILES string of the molecule is C[C@H](NC(=O)COCc1ccccc1Cl)c1ccc(F)cc1. The fourth-order valence-electron chi connectivity index (χ4n) is 1.99. The van der Waals surface area contributed by atoms with E-state index >= 15 is 0 Å². The number of hydrogen-bond acceptors (Lipinski definition) is 2. The molecule has 0 saturated carbocycles. The lowest BCUT2D eigenvalue weighted by Gasteiger charge is -2.14. The van der Waals surface area contributed by atoms with E-state index in [1.165, 1.54) is 12.1 Å². The van der Waals surface area contributed by atoms with Crippen LogP contribution in [0.2, 0.25) is 5.02 Å². The van der Waals surface area contributed by atoms with Crippen molar-refractivity contribution < 1.29 is 13.9 Å². The molecule has 22 heavy (non-hydrogen) atoms. The molecule has 1 atom stereocenters. The van der Waals surface area contributed by atoms with Gasteiger partial charge in [0.25, 0.3) is 0 Å². The first-order valence-electron chi connectivity index (χ1n) is 6.92. The largest absolute Gasteiger partial charge is 0.367 e. The van der Waals surface area contributed by atoms with Crippen LogP contribution < -0.4 is 5.32 Å². The van der Waals surface area contributed by atoms with Crippen LogP contribution in [0.15, 0.2) is 48.5 Å². The molecule has 0 fully saturated rings. The third-order valence-electron chi connectivity index (χ3n) is 3.20. The van der Waals surface area contributed by atoms with Crippen LogP contribution in [0.3, 0.4) is 0 Å². The molecule has 2 aromatic carbocycles. The number of carbonyl (C=O) groups excluding carboxylic acids is 1. The molecule has 0 bridgehead atoms. The van der Waals surface area contributed by atoms with Gasteiger partial charge in [0, 0.05) is 5.02 Å². The fourth-order valence-corrected chi connectivity index (χ4v) is 2.18. The Kier molecular flexibility index (Phi) is 5.92. The summed E-state index contributed by atoms with van der Waals surface area (Å²) in [6.07, 6.45) is 0. The minimum absolute atomic E-state index is 0.0588. The Balaban J connectivity index is 1.78. The van der Waals surface area contributed by atoms with Crippen LogP contribution in [0.5, 0.6) is 0 Å². The number of nitrogens with one attached hydrogen (secondary N) is 1. The van der Waals surface area contributed by atoms with Crippen LogP contribution in [0.4, 0.5) is 4.39 Å². The molecule has 116 valence electrons. The Labute approximate surface area is 134 Å². The molecule has 1 N–H and O–H groups in total. The van der Waals surface area contributed by atoms with Gasteiger partial charge in [0.05, 0.1) is 12.6 Å². The Bertz CT molecular complexity index is 631. The Morgan fingerprint density at radius 2 is 1.91 bits per heavy atom. The van der Waals surface area contributed by atoms with Crippen LogP contribution in [-0.4, -0.2) is 12.5 Å². The monoisotopic (exact) mass is 321 g/mol. The van der Waals surface area contributed by atoms with Gasteiger partial charge >= 0.3 is 0 Å². The summed E-state index contributed by atoms with van der Waals surface area (Å²) in [5, 5.41) is 3.41. The van der Waals surface area contributed by atoms with Gasteiger partial charge in [-0.05, 0) is 36.2 Å². The Morgan fingerprint density at radius 3 is 2.59 bits per heavy atom. The summed E-state index contributed by atoms with van der Waals surface area (Å²) in [7, 11) is 0. The zero-order chi connectivity index (χ0) is 15.9. The predicted molar refractivity (Wildman–Crippen MR) is 84.1 cm³/mol. The van der Waals surface area contributed by atoms with Gasteiger partial charge in [0.1, 0.15) is 12.4 Å². The summed E-state index contributed by atoms with van der Waals surface area (Å²) in [4.78, 5) is 11.8. The Hall–Kier alpha value is -1.91. The molecular formula is C17H17ClFNO2. The normalized spacial score (nSPS) is 12.0. The minimum atomic E-state index is -0.301. The van der Waals surface area contributed by atoms with Gasteiger partial charge in [0.2, 0.25) is 5.91 Å². The van der Waals surface area contributed by atoms with Gasteiger partial charge in [-0.3, -0.25) is 4.79 Å². The zero-order valence-corrected chi connectivity index (χ0v) is 12.9. The van der Waals surface area contributed by atoms with Crippen molar-refractivity contribution in [3.05, 3.63) is 70.5 Å². The summed E-state index contributed by atoms with van der Waals surface area (Å²) >= 11 is 6.01. The lowest BCUT2D eigenvalue weighted by molar-refractivity contribution is -0.126. The first kappa shape index (κ1) is 16.5. The van der Waals surface area contributed by atoms with Crippen LogP contribution in [-0.2, 0) is 16.1 Å². The number of amides is 1. The van der Waals surface area contributed by atoms with Crippen LogP contribution in [0, 0.1) is 5.82 Å². The molecular weight excluding hydrogens is 305 g/mol. The number of rotatable bonds is 6. The smallest absolute Gasteiger partial charge is 0.246 e. The van der Waals surface area contributed by atoms with E-state index in [1.807, 2.05) is 25.1 Å². The van der Waals surface area contributed by atoms with Crippen molar-refractivity contribution in [3.8, 4) is 0 Å². The molecule has 0 spiro atoms. The first-order chi connectivity index (χ1) is 10.6. The summed E-state index contributed by atoms with van der Waals surface area (Å²) < 4.78 is 18.2. The summed E-state index contributed by atoms with van der Waals surface area (Å²) in [5.74, 6) is -0.533. The summed E-state index contributed by atoms with van der Waals surface area (Å²) in [6.45, 7) is 2.05. The summed E-state index contributed by atoms with van der Waals surface area (Å²) in [5.41, 5.74) is 1.67. The van der Waals surface area contributed by atoms with E-state index in [9.17, 15) is 9.18 Å². The van der Waals surface area contributed by atoms with E-state index in [2.05, 4.69) is 5.32 Å². The second-order valence-electron chi connectivity index (χ2n) is 4.92. The highest BCUT2D eigenvalue weighted by molar-refractivity contribution is 6.31. The highest BCUT2D eigenvalue weighted by Crippen LogP contribution is 2.16. The van der Waals surface area contributed by atoms with Gasteiger partial charge in [-0.1, -0.05) is 41.9 Å². The predicted octanol–water partition coefficient (Wildman–Crippen LogP) is 3.87. The van der Waals surface area contributed by atoms with Crippen LogP contribution in [0.25, 0.3) is 0 Å². The lowest BCUT2D eigenvalue weighted by Crippen LogP contribution is -2.30. The van der Waals surface area contributed by atoms with E-state index in [1.54, 1.807) is 18.2 Å². The van der Waals surface area contributed by atoms with Crippen molar-refractivity contribution >= 4 is 17.5 Å². The standard InChI is InChI=1S/C17H17ClFNO2/c1-12(13-6-8-15(19)9-7-13)20-17(21)11-22-10-14-4-2-3-5-16(14)18/h2-9,12H,10-11H2,1H3,(H,20,21)/t12-/m0/s1. The second-order valence-corrected chi connectivity index (χ2v) is 5.33. The van der Waals surface area contributed by atoms with Crippen LogP contribution in [0.1, 0.15) is 24.1 Å². The van der Waals surface area contributed by atoms with Gasteiger partial charge in [-0.25, -0.2) is 4.39 Å². The van der Waals surface area contributed by atoms with Crippen molar-refractivity contribution in [3.63, 3.8) is 0 Å². The molecule has 2 rings (SSSR count). The van der Waals surface area contributed by atoms with Crippen molar-refractivity contribution in [1.29, 1.82) is 0 Å². The molecule has 3 nitrogen and oxygen atoms in total. The highest BCUT2D eigenvalue weighted by atomic mass is 35.5. The quantitative estimate of drug-likeness (QED) is 0.877. The van der Waals surface area contributed by atoms with Gasteiger partial charge in [-0.2, -0.15) is 0 Å². The molecule has 0 radical (unpaired) electrons. The number of hydrogen-bond donors (Lipinski definition) is 1. The lowest BCUT2D eigenvalue weighted by atomic mass is 10.1. The topological polar surface area (TPSA) is 38.3 Å². The van der Waals surface area contributed by atoms with Gasteiger partial charge in [0.15, 0.2) is 0 Å². The van der Waals surface area contributed by atoms with Crippen molar-refractivity contribution in [2.24, 2.45) is 0 Å². The molecule has 0 aromatic heterocycles. The van der Waals surface area contributed by atoms with Crippen LogP contribution >= 0.6 is 11.6 Å². The second kappa shape index (κ2) is 7.92. The molecule has 5 heteroatoms. The molecule has 0 saturated heterocycles. The maximum Gasteiger partial charge on any atom is 0.246 e. The van der Waals surface area contributed by atoms with E-state index in [0.717, 1.165) is 11.1 Å². The zero-order valence-electron chi connectivity index (χ0n) is 12.2. The summed E-state index contributed by atoms with van der Waals surface area (Å²) in [6, 6.07) is 13.1. The maximum atomic E-state index is 12.9. The molecule has 1 amide bonds. The number of carbonyl (C=O) groups is 1. The number of ether oxygens (including phenoxy) is 1. The molecule has 0 heterocycles. The number of benzene rings is 2. The third kappa shape index (κ3) is 4.83. The molecule has 0 aliphatic heterocycles. The van der Waals surface area contributed by atoms with E-state index in [-0.39, 0.29) is 31.0 Å². The molecule has 2 aromatic rings. The van der Waals surface area contributed by atoms with Gasteiger partial charge in [-0.15, -0.1) is 0 Å². The van der Waals surface area contributed by atoms with E-state index < -0.39 is 0 Å². The minimum Gasteiger partial charge on any atom is -0.367 e. The average molecular weight is 322 g/mol. The molecule has 0 aliphatic rings. The Morgan fingerprint density at radius 1 is 1.23 bits per heavy atom. The van der Waals surface area contributed by atoms with Crippen molar-refractivity contribution in [2.45, 2.75) is 19.6 Å². The third-order valence-corrected chi connectivity index (χ3v) is 3.56. The van der Waals surface area contributed by atoms with Crippen molar-refractivity contribution in [2.75, 3.05) is 6.61 Å². The molecule has 0 unspecified atom stereocenters. The van der Waals surface area contributed by atoms with Gasteiger partial charge < -0.3 is 10.1 Å². The fraction of sp³-hybridized carbons (Fsp3) is 0.235. The van der Waals surface area contributed by atoms with Crippen molar-refractivity contribution in [1.82, 2.24) is 5.32 Å².